The molecule has 0 aliphatic rings. The molecule has 0 rings (SSSR count). The highest BCUT2D eigenvalue weighted by molar-refractivity contribution is 7.81. The molecule has 26 heavy (non-hydrogen) atoms. The summed E-state index contributed by atoms with van der Waals surface area (Å²) in [5, 5.41) is -2.67. The van der Waals surface area contributed by atoms with E-state index in [4.69, 9.17) is 0 Å². The maximum absolute atomic E-state index is 13.3. The van der Waals surface area contributed by atoms with Gasteiger partial charge in [-0.1, -0.05) is 13.5 Å². The molecule has 0 heterocycles. The molecule has 0 aromatic carbocycles. The first-order valence-corrected chi connectivity index (χ1v) is 7.01. The monoisotopic (exact) mass is 419 g/mol. The Morgan fingerprint density at radius 1 is 1.08 bits per heavy atom. The molecule has 152 valence electrons. The second-order valence-corrected chi connectivity index (χ2v) is 5.34. The van der Waals surface area contributed by atoms with Crippen LogP contribution >= 0.6 is 12.6 Å². The van der Waals surface area contributed by atoms with Crippen LogP contribution in [0, 0.1) is 0 Å². The highest BCUT2D eigenvalue weighted by Crippen LogP contribution is 2.38. The molecule has 0 radical (unpaired) electrons. The highest BCUT2D eigenvalue weighted by atomic mass is 32.1. The second-order valence-electron chi connectivity index (χ2n) is 4.69. The van der Waals surface area contributed by atoms with Crippen molar-refractivity contribution in [2.75, 3.05) is 13.2 Å². The summed E-state index contributed by atoms with van der Waals surface area (Å²) in [6, 6.07) is 0. The van der Waals surface area contributed by atoms with Crippen molar-refractivity contribution in [3.8, 4) is 0 Å². The lowest BCUT2D eigenvalue weighted by Crippen LogP contribution is -2.62. The van der Waals surface area contributed by atoms with E-state index >= 15 is 0 Å². The van der Waals surface area contributed by atoms with Gasteiger partial charge in [-0.15, -0.1) is 12.6 Å². The standard InChI is InChI=1S/C12H13F8NO4S/c1-3-4-21-8(23)10(12(18,19)20,24-5-9(13,14)26)25-7(22)6(2)11(15,16)17/h26H,2-5H2,1H3,(H,21,23). The van der Waals surface area contributed by atoms with Crippen molar-refractivity contribution >= 4 is 24.5 Å². The number of carbonyl (C=O) groups excluding carboxylic acids is 2. The molecule has 0 bridgehead atoms. The van der Waals surface area contributed by atoms with Crippen LogP contribution in [0.5, 0.6) is 0 Å². The number of thiol groups is 1. The molecule has 1 N–H and O–H groups in total. The van der Waals surface area contributed by atoms with Crippen molar-refractivity contribution in [1.29, 1.82) is 0 Å². The van der Waals surface area contributed by atoms with Crippen molar-refractivity contribution in [3.63, 3.8) is 0 Å². The van der Waals surface area contributed by atoms with E-state index in [9.17, 15) is 44.7 Å². The zero-order valence-electron chi connectivity index (χ0n) is 12.9. The average Bonchev–Trinajstić information content (AvgIpc) is 2.44. The van der Waals surface area contributed by atoms with Crippen molar-refractivity contribution in [2.24, 2.45) is 0 Å². The number of halogens is 8. The Kier molecular flexibility index (Phi) is 7.91. The van der Waals surface area contributed by atoms with Gasteiger partial charge in [-0.3, -0.25) is 4.79 Å². The van der Waals surface area contributed by atoms with Crippen LogP contribution in [0.25, 0.3) is 0 Å². The van der Waals surface area contributed by atoms with Crippen LogP contribution in [0.15, 0.2) is 12.2 Å². The molecule has 0 aromatic rings. The van der Waals surface area contributed by atoms with Crippen LogP contribution in [0.3, 0.4) is 0 Å². The normalized spacial score (nSPS) is 15.2. The Morgan fingerprint density at radius 3 is 1.92 bits per heavy atom. The van der Waals surface area contributed by atoms with Gasteiger partial charge in [0.1, 0.15) is 12.2 Å². The number of esters is 1. The SMILES string of the molecule is C=C(C(=O)OC(OCC(F)(F)S)(C(=O)NCCC)C(F)(F)F)C(F)(F)F. The Labute approximate surface area is 147 Å². The number of hydrogen-bond donors (Lipinski definition) is 2. The molecule has 5 nitrogen and oxygen atoms in total. The minimum Gasteiger partial charge on any atom is -0.412 e. The number of amides is 1. The number of nitrogens with one attached hydrogen (secondary N) is 1. The van der Waals surface area contributed by atoms with Gasteiger partial charge >= 0.3 is 35.3 Å². The summed E-state index contributed by atoms with van der Waals surface area (Å²) >= 11 is 2.58. The molecule has 14 heteroatoms. The van der Waals surface area contributed by atoms with E-state index in [1.165, 1.54) is 6.92 Å². The average molecular weight is 419 g/mol. The summed E-state index contributed by atoms with van der Waals surface area (Å²) in [7, 11) is 0. The van der Waals surface area contributed by atoms with Gasteiger partial charge in [0.15, 0.2) is 0 Å². The number of rotatable bonds is 8. The van der Waals surface area contributed by atoms with Crippen LogP contribution in [-0.4, -0.2) is 48.4 Å². The third-order valence-corrected chi connectivity index (χ3v) is 2.61. The lowest BCUT2D eigenvalue weighted by atomic mass is 10.2. The van der Waals surface area contributed by atoms with Crippen molar-refractivity contribution in [2.45, 2.75) is 36.7 Å². The van der Waals surface area contributed by atoms with Crippen LogP contribution in [0.4, 0.5) is 35.1 Å². The third-order valence-electron chi connectivity index (χ3n) is 2.48. The van der Waals surface area contributed by atoms with Crippen LogP contribution in [0.2, 0.25) is 0 Å². The topological polar surface area (TPSA) is 64.6 Å². The quantitative estimate of drug-likeness (QED) is 0.209. The predicted molar refractivity (Wildman–Crippen MR) is 73.3 cm³/mol. The number of alkyl halides is 8. The smallest absolute Gasteiger partial charge is 0.412 e. The highest BCUT2D eigenvalue weighted by Gasteiger charge is 2.67. The van der Waals surface area contributed by atoms with Crippen molar-refractivity contribution in [3.05, 3.63) is 12.2 Å². The fourth-order valence-corrected chi connectivity index (χ4v) is 1.33. The fraction of sp³-hybridized carbons (Fsp3) is 0.667. The predicted octanol–water partition coefficient (Wildman–Crippen LogP) is 2.97. The lowest BCUT2D eigenvalue weighted by Gasteiger charge is -2.33. The van der Waals surface area contributed by atoms with E-state index in [2.05, 4.69) is 28.7 Å². The molecule has 0 aromatic heterocycles. The fourth-order valence-electron chi connectivity index (χ4n) is 1.26. The van der Waals surface area contributed by atoms with E-state index in [1.807, 2.05) is 0 Å². The molecular formula is C12H13F8NO4S. The minimum atomic E-state index is -6.01. The Balaban J connectivity index is 5.98. The van der Waals surface area contributed by atoms with Crippen LogP contribution in [0.1, 0.15) is 13.3 Å². The van der Waals surface area contributed by atoms with Crippen LogP contribution < -0.4 is 5.32 Å². The van der Waals surface area contributed by atoms with Gasteiger partial charge < -0.3 is 14.8 Å². The number of carbonyl (C=O) groups is 2. The molecule has 0 saturated heterocycles. The number of hydrogen-bond acceptors (Lipinski definition) is 5. The summed E-state index contributed by atoms with van der Waals surface area (Å²) in [5.41, 5.74) is -2.41. The zero-order chi connectivity index (χ0) is 21.0. The summed E-state index contributed by atoms with van der Waals surface area (Å²) in [4.78, 5) is 23.1. The molecule has 1 amide bonds. The van der Waals surface area contributed by atoms with Gasteiger partial charge in [0, 0.05) is 6.54 Å². The van der Waals surface area contributed by atoms with Gasteiger partial charge in [0.25, 0.3) is 0 Å². The van der Waals surface area contributed by atoms with E-state index in [0.717, 1.165) is 0 Å². The molecular weight excluding hydrogens is 406 g/mol. The first-order valence-electron chi connectivity index (χ1n) is 6.56. The van der Waals surface area contributed by atoms with Gasteiger partial charge in [0.05, 0.1) is 0 Å². The molecule has 0 spiro atoms. The maximum atomic E-state index is 13.3. The van der Waals surface area contributed by atoms with E-state index < -0.39 is 54.0 Å². The largest absolute Gasteiger partial charge is 0.466 e. The van der Waals surface area contributed by atoms with E-state index in [0.29, 0.717) is 0 Å². The summed E-state index contributed by atoms with van der Waals surface area (Å²) in [6.07, 6.45) is -11.4. The Morgan fingerprint density at radius 2 is 1.58 bits per heavy atom. The summed E-state index contributed by atoms with van der Waals surface area (Å²) in [5.74, 6) is -9.80. The van der Waals surface area contributed by atoms with Gasteiger partial charge in [-0.25, -0.2) is 4.79 Å². The van der Waals surface area contributed by atoms with Crippen LogP contribution in [-0.2, 0) is 19.1 Å². The molecule has 1 unspecified atom stereocenters. The molecule has 1 atom stereocenters. The maximum Gasteiger partial charge on any atom is 0.466 e. The first-order chi connectivity index (χ1) is 11.5. The first kappa shape index (κ1) is 24.4. The summed E-state index contributed by atoms with van der Waals surface area (Å²) < 4.78 is 110. The number of ether oxygens (including phenoxy) is 2. The van der Waals surface area contributed by atoms with E-state index in [1.54, 1.807) is 5.32 Å². The van der Waals surface area contributed by atoms with Crippen molar-refractivity contribution < 1.29 is 54.2 Å². The molecule has 0 fully saturated rings. The van der Waals surface area contributed by atoms with E-state index in [-0.39, 0.29) is 6.42 Å². The molecule has 0 saturated carbocycles. The molecule has 0 aliphatic heterocycles. The zero-order valence-corrected chi connectivity index (χ0v) is 13.8. The minimum absolute atomic E-state index is 0.0611. The third kappa shape index (κ3) is 6.63. The van der Waals surface area contributed by atoms with Crippen molar-refractivity contribution in [1.82, 2.24) is 5.32 Å². The van der Waals surface area contributed by atoms with Gasteiger partial charge in [-0.2, -0.15) is 35.1 Å². The van der Waals surface area contributed by atoms with Gasteiger partial charge in [0.2, 0.25) is 0 Å². The van der Waals surface area contributed by atoms with Gasteiger partial charge in [-0.05, 0) is 6.42 Å². The second kappa shape index (κ2) is 8.41. The Bertz CT molecular complexity index is 543. The summed E-state index contributed by atoms with van der Waals surface area (Å²) in [6.45, 7) is 0.947. The lowest BCUT2D eigenvalue weighted by molar-refractivity contribution is -0.352. The Hall–Kier alpha value is -1.57. The molecule has 0 aliphatic carbocycles.